The summed E-state index contributed by atoms with van der Waals surface area (Å²) in [6, 6.07) is 8.75. The van der Waals surface area contributed by atoms with E-state index in [0.717, 1.165) is 17.5 Å². The molecule has 1 aliphatic rings. The number of imidazole rings is 1. The molecular formula is C20H26N6O3S. The van der Waals surface area contributed by atoms with Gasteiger partial charge in [-0.1, -0.05) is 12.1 Å². The standard InChI is InChI=1S/C20H26N6O3S/c1-24-9-10-26(30(2,28)29)19(14-24)20(27)23-8-7-18-12-22-15-25(18)13-17-5-3-16(11-21)4-6-17/h3-6,12,15,19H,7-10,13-14H2,1-2H3,(H,23,27). The molecule has 1 N–H and O–H groups in total. The van der Waals surface area contributed by atoms with Crippen molar-refractivity contribution in [1.82, 2.24) is 24.1 Å². The van der Waals surface area contributed by atoms with E-state index in [4.69, 9.17) is 5.26 Å². The Kier molecular flexibility index (Phi) is 6.87. The second-order valence-electron chi connectivity index (χ2n) is 7.51. The summed E-state index contributed by atoms with van der Waals surface area (Å²) in [6.45, 7) is 2.28. The number of carbonyl (C=O) groups excluding carboxylic acids is 1. The van der Waals surface area contributed by atoms with E-state index in [2.05, 4.69) is 16.4 Å². The zero-order valence-corrected chi connectivity index (χ0v) is 18.0. The van der Waals surface area contributed by atoms with Crippen LogP contribution in [0.4, 0.5) is 0 Å². The van der Waals surface area contributed by atoms with Gasteiger partial charge in [0.2, 0.25) is 15.9 Å². The van der Waals surface area contributed by atoms with Crippen LogP contribution in [0.5, 0.6) is 0 Å². The highest BCUT2D eigenvalue weighted by Gasteiger charge is 2.36. The van der Waals surface area contributed by atoms with Crippen LogP contribution in [0.1, 0.15) is 16.8 Å². The largest absolute Gasteiger partial charge is 0.354 e. The summed E-state index contributed by atoms with van der Waals surface area (Å²) in [4.78, 5) is 18.8. The van der Waals surface area contributed by atoms with Gasteiger partial charge in [0.15, 0.2) is 0 Å². The number of nitrogens with zero attached hydrogens (tertiary/aromatic N) is 5. The molecule has 1 aromatic carbocycles. The van der Waals surface area contributed by atoms with Crippen LogP contribution < -0.4 is 5.32 Å². The SMILES string of the molecule is CN1CCN(S(C)(=O)=O)C(C(=O)NCCc2cncn2Cc2ccc(C#N)cc2)C1. The molecule has 1 aliphatic heterocycles. The summed E-state index contributed by atoms with van der Waals surface area (Å²) >= 11 is 0. The van der Waals surface area contributed by atoms with Crippen molar-refractivity contribution in [2.75, 3.05) is 39.5 Å². The van der Waals surface area contributed by atoms with Gasteiger partial charge in [-0.3, -0.25) is 4.79 Å². The number of rotatable bonds is 7. The molecule has 1 atom stereocenters. The lowest BCUT2D eigenvalue weighted by molar-refractivity contribution is -0.126. The number of hydrogen-bond acceptors (Lipinski definition) is 6. The zero-order chi connectivity index (χ0) is 21.7. The minimum atomic E-state index is -3.45. The van der Waals surface area contributed by atoms with Gasteiger partial charge in [0.1, 0.15) is 6.04 Å². The Balaban J connectivity index is 1.58. The van der Waals surface area contributed by atoms with Crippen molar-refractivity contribution < 1.29 is 13.2 Å². The summed E-state index contributed by atoms with van der Waals surface area (Å²) in [6.07, 6.45) is 5.20. The van der Waals surface area contributed by atoms with Crippen LogP contribution in [-0.2, 0) is 27.8 Å². The topological polar surface area (TPSA) is 111 Å². The van der Waals surface area contributed by atoms with Crippen LogP contribution in [0.3, 0.4) is 0 Å². The van der Waals surface area contributed by atoms with Crippen LogP contribution >= 0.6 is 0 Å². The smallest absolute Gasteiger partial charge is 0.239 e. The number of piperazine rings is 1. The van der Waals surface area contributed by atoms with E-state index in [1.54, 1.807) is 24.7 Å². The monoisotopic (exact) mass is 430 g/mol. The predicted molar refractivity (Wildman–Crippen MR) is 112 cm³/mol. The van der Waals surface area contributed by atoms with Gasteiger partial charge in [-0.15, -0.1) is 0 Å². The van der Waals surface area contributed by atoms with Gasteiger partial charge in [0.25, 0.3) is 0 Å². The summed E-state index contributed by atoms with van der Waals surface area (Å²) in [5.41, 5.74) is 2.62. The van der Waals surface area contributed by atoms with E-state index in [-0.39, 0.29) is 5.91 Å². The van der Waals surface area contributed by atoms with Gasteiger partial charge in [0, 0.05) is 51.0 Å². The average Bonchev–Trinajstić information content (AvgIpc) is 3.14. The molecule has 1 aromatic heterocycles. The lowest BCUT2D eigenvalue weighted by atomic mass is 10.1. The third-order valence-corrected chi connectivity index (χ3v) is 6.47. The van der Waals surface area contributed by atoms with Crippen LogP contribution in [0, 0.1) is 11.3 Å². The molecule has 0 spiro atoms. The molecule has 30 heavy (non-hydrogen) atoms. The second kappa shape index (κ2) is 9.38. The van der Waals surface area contributed by atoms with Crippen molar-refractivity contribution in [2.24, 2.45) is 0 Å². The van der Waals surface area contributed by atoms with E-state index in [1.807, 2.05) is 28.6 Å². The molecule has 1 saturated heterocycles. The van der Waals surface area contributed by atoms with Gasteiger partial charge < -0.3 is 14.8 Å². The molecule has 2 heterocycles. The van der Waals surface area contributed by atoms with Gasteiger partial charge in [-0.25, -0.2) is 13.4 Å². The number of nitrogens with one attached hydrogen (secondary N) is 1. The lowest BCUT2D eigenvalue weighted by Crippen LogP contribution is -2.59. The Morgan fingerprint density at radius 2 is 2.03 bits per heavy atom. The predicted octanol–water partition coefficient (Wildman–Crippen LogP) is 0.0374. The molecule has 1 amide bonds. The molecule has 3 rings (SSSR count). The Labute approximate surface area is 177 Å². The van der Waals surface area contributed by atoms with Crippen LogP contribution in [-0.4, -0.2) is 78.6 Å². The average molecular weight is 431 g/mol. The van der Waals surface area contributed by atoms with Crippen molar-refractivity contribution in [3.63, 3.8) is 0 Å². The molecule has 160 valence electrons. The van der Waals surface area contributed by atoms with E-state index < -0.39 is 16.1 Å². The quantitative estimate of drug-likeness (QED) is 0.664. The van der Waals surface area contributed by atoms with Crippen molar-refractivity contribution in [1.29, 1.82) is 5.26 Å². The first-order chi connectivity index (χ1) is 14.3. The van der Waals surface area contributed by atoms with Gasteiger partial charge in [-0.05, 0) is 24.7 Å². The highest BCUT2D eigenvalue weighted by Crippen LogP contribution is 2.13. The van der Waals surface area contributed by atoms with E-state index >= 15 is 0 Å². The third kappa shape index (κ3) is 5.44. The zero-order valence-electron chi connectivity index (χ0n) is 17.2. The third-order valence-electron chi connectivity index (χ3n) is 5.18. The maximum Gasteiger partial charge on any atom is 0.239 e. The van der Waals surface area contributed by atoms with Crippen LogP contribution in [0.15, 0.2) is 36.8 Å². The molecule has 2 aromatic rings. The van der Waals surface area contributed by atoms with Crippen molar-refractivity contribution in [2.45, 2.75) is 19.0 Å². The van der Waals surface area contributed by atoms with E-state index in [9.17, 15) is 13.2 Å². The number of aromatic nitrogens is 2. The van der Waals surface area contributed by atoms with E-state index in [0.29, 0.717) is 44.7 Å². The first kappa shape index (κ1) is 22.0. The number of amides is 1. The minimum Gasteiger partial charge on any atom is -0.354 e. The molecule has 9 nitrogen and oxygen atoms in total. The number of sulfonamides is 1. The Bertz CT molecular complexity index is 1030. The highest BCUT2D eigenvalue weighted by molar-refractivity contribution is 7.88. The van der Waals surface area contributed by atoms with Crippen molar-refractivity contribution in [3.05, 3.63) is 53.6 Å². The van der Waals surface area contributed by atoms with Gasteiger partial charge >= 0.3 is 0 Å². The number of nitriles is 1. The molecule has 1 unspecified atom stereocenters. The van der Waals surface area contributed by atoms with Crippen LogP contribution in [0.25, 0.3) is 0 Å². The highest BCUT2D eigenvalue weighted by atomic mass is 32.2. The van der Waals surface area contributed by atoms with Gasteiger partial charge in [0.05, 0.1) is 24.2 Å². The fraction of sp³-hybridized carbons (Fsp3) is 0.450. The number of carbonyl (C=O) groups is 1. The molecule has 1 fully saturated rings. The van der Waals surface area contributed by atoms with Crippen LogP contribution in [0.2, 0.25) is 0 Å². The number of hydrogen-bond donors (Lipinski definition) is 1. The molecule has 0 saturated carbocycles. The molecule has 0 radical (unpaired) electrons. The fourth-order valence-corrected chi connectivity index (χ4v) is 4.56. The molecule has 0 aliphatic carbocycles. The molecular weight excluding hydrogens is 404 g/mol. The maximum atomic E-state index is 12.7. The van der Waals surface area contributed by atoms with E-state index in [1.165, 1.54) is 4.31 Å². The summed E-state index contributed by atoms with van der Waals surface area (Å²) in [5.74, 6) is -0.287. The summed E-state index contributed by atoms with van der Waals surface area (Å²) < 4.78 is 27.3. The minimum absolute atomic E-state index is 0.287. The fourth-order valence-electron chi connectivity index (χ4n) is 3.52. The van der Waals surface area contributed by atoms with Crippen molar-refractivity contribution in [3.8, 4) is 6.07 Å². The second-order valence-corrected chi connectivity index (χ2v) is 9.45. The lowest BCUT2D eigenvalue weighted by Gasteiger charge is -2.37. The molecule has 0 bridgehead atoms. The Morgan fingerprint density at radius 3 is 2.70 bits per heavy atom. The van der Waals surface area contributed by atoms with Gasteiger partial charge in [-0.2, -0.15) is 9.57 Å². The number of likely N-dealkylation sites (N-methyl/N-ethyl adjacent to an activating group) is 1. The Morgan fingerprint density at radius 1 is 1.30 bits per heavy atom. The number of benzene rings is 1. The Hall–Kier alpha value is -2.74. The summed E-state index contributed by atoms with van der Waals surface area (Å²) in [5, 5.41) is 11.8. The first-order valence-electron chi connectivity index (χ1n) is 9.69. The molecule has 10 heteroatoms. The normalized spacial score (nSPS) is 18.1. The maximum absolute atomic E-state index is 12.7. The first-order valence-corrected chi connectivity index (χ1v) is 11.5. The summed E-state index contributed by atoms with van der Waals surface area (Å²) in [7, 11) is -1.57. The van der Waals surface area contributed by atoms with Crippen molar-refractivity contribution >= 4 is 15.9 Å².